The molecule has 0 bridgehead atoms. The predicted molar refractivity (Wildman–Crippen MR) is 125 cm³/mol. The zero-order valence-electron chi connectivity index (χ0n) is 16.3. The minimum absolute atomic E-state index is 0.0102. The van der Waals surface area contributed by atoms with Gasteiger partial charge in [-0.05, 0) is 55.8 Å². The number of rotatable bonds is 6. The summed E-state index contributed by atoms with van der Waals surface area (Å²) in [6.07, 6.45) is 0. The van der Waals surface area contributed by atoms with Crippen LogP contribution in [0.5, 0.6) is 0 Å². The SMILES string of the molecule is Cc1ccc(S(=O)(=O)Nc2ccc(C)cc2NS(=O)(=O)c2cc(Cl)c(Cl)cc2Cl)cc1. The summed E-state index contributed by atoms with van der Waals surface area (Å²) in [5, 5.41) is -0.0139. The molecule has 0 fully saturated rings. The smallest absolute Gasteiger partial charge is 0.263 e. The maximum Gasteiger partial charge on any atom is 0.263 e. The third kappa shape index (κ3) is 5.45. The Morgan fingerprint density at radius 3 is 1.81 bits per heavy atom. The molecular weight excluding hydrogens is 503 g/mol. The summed E-state index contributed by atoms with van der Waals surface area (Å²) < 4.78 is 56.3. The Morgan fingerprint density at radius 1 is 0.613 bits per heavy atom. The van der Waals surface area contributed by atoms with E-state index < -0.39 is 20.0 Å². The molecule has 0 heterocycles. The second kappa shape index (κ2) is 8.88. The lowest BCUT2D eigenvalue weighted by Crippen LogP contribution is -2.18. The van der Waals surface area contributed by atoms with Crippen LogP contribution in [-0.4, -0.2) is 16.8 Å². The number of hydrogen-bond acceptors (Lipinski definition) is 4. The fourth-order valence-corrected chi connectivity index (χ4v) is 5.82. The Morgan fingerprint density at radius 2 is 1.16 bits per heavy atom. The molecule has 164 valence electrons. The zero-order valence-corrected chi connectivity index (χ0v) is 20.2. The van der Waals surface area contributed by atoms with E-state index in [4.69, 9.17) is 34.8 Å². The third-order valence-corrected chi connectivity index (χ3v) is 8.19. The van der Waals surface area contributed by atoms with Crippen molar-refractivity contribution in [3.63, 3.8) is 0 Å². The van der Waals surface area contributed by atoms with Gasteiger partial charge in [-0.15, -0.1) is 0 Å². The monoisotopic (exact) mass is 518 g/mol. The lowest BCUT2D eigenvalue weighted by molar-refractivity contribution is 0.599. The van der Waals surface area contributed by atoms with Gasteiger partial charge < -0.3 is 0 Å². The summed E-state index contributed by atoms with van der Waals surface area (Å²) in [5.41, 5.74) is 1.68. The van der Waals surface area contributed by atoms with E-state index in [2.05, 4.69) is 9.44 Å². The molecule has 0 saturated heterocycles. The summed E-state index contributed by atoms with van der Waals surface area (Å²) >= 11 is 17.9. The number of aryl methyl sites for hydroxylation is 2. The van der Waals surface area contributed by atoms with E-state index in [-0.39, 0.29) is 36.2 Å². The average Bonchev–Trinajstić information content (AvgIpc) is 2.66. The highest BCUT2D eigenvalue weighted by Crippen LogP contribution is 2.34. The maximum absolute atomic E-state index is 12.9. The topological polar surface area (TPSA) is 92.3 Å². The zero-order chi connectivity index (χ0) is 23.0. The Kier molecular flexibility index (Phi) is 6.78. The van der Waals surface area contributed by atoms with Crippen LogP contribution in [-0.2, 0) is 20.0 Å². The molecular formula is C20H17Cl3N2O4S2. The van der Waals surface area contributed by atoms with E-state index in [1.165, 1.54) is 30.3 Å². The maximum atomic E-state index is 12.9. The van der Waals surface area contributed by atoms with Gasteiger partial charge in [-0.3, -0.25) is 9.44 Å². The summed E-state index contributed by atoms with van der Waals surface area (Å²) in [4.78, 5) is -0.252. The highest BCUT2D eigenvalue weighted by atomic mass is 35.5. The minimum Gasteiger partial charge on any atom is -0.277 e. The molecule has 11 heteroatoms. The molecule has 2 N–H and O–H groups in total. The van der Waals surface area contributed by atoms with Crippen molar-refractivity contribution in [2.24, 2.45) is 0 Å². The van der Waals surface area contributed by atoms with Crippen molar-refractivity contribution in [2.45, 2.75) is 23.6 Å². The number of nitrogens with one attached hydrogen (secondary N) is 2. The molecule has 31 heavy (non-hydrogen) atoms. The van der Waals surface area contributed by atoms with Gasteiger partial charge in [0.25, 0.3) is 20.0 Å². The van der Waals surface area contributed by atoms with Gasteiger partial charge in [0.1, 0.15) is 4.90 Å². The van der Waals surface area contributed by atoms with Gasteiger partial charge in [-0.2, -0.15) is 0 Å². The van der Waals surface area contributed by atoms with Crippen LogP contribution in [0, 0.1) is 13.8 Å². The van der Waals surface area contributed by atoms with Crippen molar-refractivity contribution in [1.82, 2.24) is 0 Å². The molecule has 0 aliphatic heterocycles. The number of benzene rings is 3. The molecule has 3 aromatic carbocycles. The molecule has 0 unspecified atom stereocenters. The highest BCUT2D eigenvalue weighted by molar-refractivity contribution is 7.93. The lowest BCUT2D eigenvalue weighted by atomic mass is 10.2. The van der Waals surface area contributed by atoms with Crippen LogP contribution in [0.1, 0.15) is 11.1 Å². The Labute approximate surface area is 196 Å². The minimum atomic E-state index is -4.21. The molecule has 0 saturated carbocycles. The first-order valence-electron chi connectivity index (χ1n) is 8.76. The molecule has 0 spiro atoms. The third-order valence-electron chi connectivity index (χ3n) is 4.26. The van der Waals surface area contributed by atoms with Crippen molar-refractivity contribution in [1.29, 1.82) is 0 Å². The van der Waals surface area contributed by atoms with Gasteiger partial charge in [0.2, 0.25) is 0 Å². The molecule has 0 amide bonds. The van der Waals surface area contributed by atoms with Gasteiger partial charge in [-0.1, -0.05) is 58.6 Å². The van der Waals surface area contributed by atoms with Crippen molar-refractivity contribution in [2.75, 3.05) is 9.44 Å². The van der Waals surface area contributed by atoms with Crippen LogP contribution < -0.4 is 9.44 Å². The van der Waals surface area contributed by atoms with E-state index in [1.54, 1.807) is 25.1 Å². The molecule has 0 aliphatic rings. The standard InChI is InChI=1S/C20H17Cl3N2O4S2/c1-12-3-6-14(7-4-12)30(26,27)24-18-8-5-13(2)9-19(18)25-31(28,29)20-11-16(22)15(21)10-17(20)23/h3-11,24-25H,1-2H3. The van der Waals surface area contributed by atoms with Crippen LogP contribution >= 0.6 is 34.8 Å². The van der Waals surface area contributed by atoms with Crippen LogP contribution in [0.2, 0.25) is 15.1 Å². The highest BCUT2D eigenvalue weighted by Gasteiger charge is 2.23. The lowest BCUT2D eigenvalue weighted by Gasteiger charge is -2.16. The second-order valence-corrected chi connectivity index (χ2v) is 11.3. The van der Waals surface area contributed by atoms with Gasteiger partial charge >= 0.3 is 0 Å². The largest absolute Gasteiger partial charge is 0.277 e. The second-order valence-electron chi connectivity index (χ2n) is 6.77. The molecule has 3 rings (SSSR count). The van der Waals surface area contributed by atoms with Crippen LogP contribution in [0.4, 0.5) is 11.4 Å². The van der Waals surface area contributed by atoms with Crippen LogP contribution in [0.3, 0.4) is 0 Å². The van der Waals surface area contributed by atoms with Crippen molar-refractivity contribution in [3.8, 4) is 0 Å². The van der Waals surface area contributed by atoms with Gasteiger partial charge in [0, 0.05) is 0 Å². The van der Waals surface area contributed by atoms with E-state index in [9.17, 15) is 16.8 Å². The molecule has 3 aromatic rings. The first-order chi connectivity index (χ1) is 14.4. The van der Waals surface area contributed by atoms with Crippen LogP contribution in [0.25, 0.3) is 0 Å². The number of anilines is 2. The fraction of sp³-hybridized carbons (Fsp3) is 0.100. The van der Waals surface area contributed by atoms with Gasteiger partial charge in [0.05, 0.1) is 31.3 Å². The predicted octanol–water partition coefficient (Wildman–Crippen LogP) is 5.87. The van der Waals surface area contributed by atoms with E-state index in [1.807, 2.05) is 6.92 Å². The molecule has 0 aliphatic carbocycles. The molecule has 0 radical (unpaired) electrons. The Balaban J connectivity index is 2.01. The van der Waals surface area contributed by atoms with Crippen LogP contribution in [0.15, 0.2) is 64.4 Å². The summed E-state index contributed by atoms with van der Waals surface area (Å²) in [6.45, 7) is 3.58. The van der Waals surface area contributed by atoms with E-state index >= 15 is 0 Å². The summed E-state index contributed by atoms with van der Waals surface area (Å²) in [7, 11) is -8.16. The molecule has 0 atom stereocenters. The van der Waals surface area contributed by atoms with E-state index in [0.29, 0.717) is 5.56 Å². The number of sulfonamides is 2. The molecule has 6 nitrogen and oxygen atoms in total. The Hall–Kier alpha value is -1.97. The van der Waals surface area contributed by atoms with Crippen molar-refractivity contribution in [3.05, 3.63) is 80.8 Å². The molecule has 0 aromatic heterocycles. The van der Waals surface area contributed by atoms with Crippen molar-refractivity contribution >= 4 is 66.2 Å². The van der Waals surface area contributed by atoms with Gasteiger partial charge in [-0.25, -0.2) is 16.8 Å². The average molecular weight is 520 g/mol. The van der Waals surface area contributed by atoms with Gasteiger partial charge in [0.15, 0.2) is 0 Å². The normalized spacial score (nSPS) is 11.9. The Bertz CT molecular complexity index is 1360. The van der Waals surface area contributed by atoms with Crippen molar-refractivity contribution < 1.29 is 16.8 Å². The quantitative estimate of drug-likeness (QED) is 0.399. The summed E-state index contributed by atoms with van der Waals surface area (Å²) in [6, 6.07) is 13.2. The fourth-order valence-electron chi connectivity index (χ4n) is 2.66. The first-order valence-corrected chi connectivity index (χ1v) is 12.9. The van der Waals surface area contributed by atoms with E-state index in [0.717, 1.165) is 11.6 Å². The number of halogens is 3. The summed E-state index contributed by atoms with van der Waals surface area (Å²) in [5.74, 6) is 0. The first kappa shape index (κ1) is 23.7. The number of hydrogen-bond donors (Lipinski definition) is 2.